The lowest BCUT2D eigenvalue weighted by Crippen LogP contribution is -2.34. The Morgan fingerprint density at radius 2 is 1.79 bits per heavy atom. The minimum atomic E-state index is 0.0315. The quantitative estimate of drug-likeness (QED) is 0.418. The van der Waals surface area contributed by atoms with Crippen molar-refractivity contribution in [2.75, 3.05) is 0 Å². The van der Waals surface area contributed by atoms with Crippen molar-refractivity contribution in [1.29, 1.82) is 0 Å². The van der Waals surface area contributed by atoms with Crippen LogP contribution in [0.3, 0.4) is 0 Å². The molecule has 0 aromatic carbocycles. The highest BCUT2D eigenvalue weighted by Gasteiger charge is 2.35. The largest absolute Gasteiger partial charge is 0.411 e. The van der Waals surface area contributed by atoms with Crippen LogP contribution in [0.4, 0.5) is 0 Å². The smallest absolute Gasteiger partial charge is 0.0660 e. The van der Waals surface area contributed by atoms with Crippen LogP contribution in [0, 0.1) is 17.3 Å². The van der Waals surface area contributed by atoms with E-state index < -0.39 is 0 Å². The highest BCUT2D eigenvalue weighted by atomic mass is 16.4. The molecule has 0 aliphatic heterocycles. The van der Waals surface area contributed by atoms with Crippen LogP contribution in [-0.2, 0) is 0 Å². The van der Waals surface area contributed by atoms with E-state index in [1.165, 1.54) is 25.7 Å². The molecule has 0 atom stereocenters. The third-order valence-electron chi connectivity index (χ3n) is 3.95. The molecule has 1 rings (SSSR count). The first kappa shape index (κ1) is 11.5. The fourth-order valence-electron chi connectivity index (χ4n) is 2.23. The third kappa shape index (κ3) is 2.10. The molecule has 1 fully saturated rings. The van der Waals surface area contributed by atoms with Crippen LogP contribution in [0.15, 0.2) is 5.16 Å². The highest BCUT2D eigenvalue weighted by Crippen LogP contribution is 2.37. The molecule has 0 radical (unpaired) electrons. The van der Waals surface area contributed by atoms with Crippen LogP contribution in [0.25, 0.3) is 0 Å². The fraction of sp³-hybridized carbons (Fsp3) is 0.917. The molecule has 14 heavy (non-hydrogen) atoms. The van der Waals surface area contributed by atoms with Crippen molar-refractivity contribution in [2.24, 2.45) is 22.4 Å². The molecule has 0 heterocycles. The maximum absolute atomic E-state index is 9.16. The van der Waals surface area contributed by atoms with E-state index >= 15 is 0 Å². The van der Waals surface area contributed by atoms with Gasteiger partial charge in [0.25, 0.3) is 0 Å². The molecule has 0 aromatic rings. The second-order valence-corrected chi connectivity index (χ2v) is 5.34. The Morgan fingerprint density at radius 1 is 1.29 bits per heavy atom. The van der Waals surface area contributed by atoms with Gasteiger partial charge in [-0.05, 0) is 18.8 Å². The summed E-state index contributed by atoms with van der Waals surface area (Å²) in [5.41, 5.74) is 1.05. The van der Waals surface area contributed by atoms with Crippen LogP contribution in [0.1, 0.15) is 53.4 Å². The number of hydrogen-bond acceptors (Lipinski definition) is 2. The zero-order chi connectivity index (χ0) is 10.8. The van der Waals surface area contributed by atoms with Crippen molar-refractivity contribution in [1.82, 2.24) is 0 Å². The lowest BCUT2D eigenvalue weighted by atomic mass is 9.72. The average Bonchev–Trinajstić information content (AvgIpc) is 2.57. The summed E-state index contributed by atoms with van der Waals surface area (Å²) in [5.74, 6) is 1.05. The fourth-order valence-corrected chi connectivity index (χ4v) is 2.23. The molecule has 2 nitrogen and oxygen atoms in total. The van der Waals surface area contributed by atoms with Crippen LogP contribution in [0.5, 0.6) is 0 Å². The molecule has 0 aromatic heterocycles. The molecule has 1 saturated carbocycles. The van der Waals surface area contributed by atoms with Gasteiger partial charge in [0.15, 0.2) is 0 Å². The zero-order valence-corrected chi connectivity index (χ0v) is 9.88. The third-order valence-corrected chi connectivity index (χ3v) is 3.95. The Balaban J connectivity index is 2.80. The lowest BCUT2D eigenvalue weighted by Gasteiger charge is -2.33. The number of rotatable bonds is 3. The van der Waals surface area contributed by atoms with Gasteiger partial charge in [-0.1, -0.05) is 45.7 Å². The van der Waals surface area contributed by atoms with Crippen LogP contribution < -0.4 is 0 Å². The van der Waals surface area contributed by atoms with Crippen molar-refractivity contribution < 1.29 is 5.21 Å². The van der Waals surface area contributed by atoms with E-state index in [-0.39, 0.29) is 5.41 Å². The number of hydrogen-bond donors (Lipinski definition) is 1. The van der Waals surface area contributed by atoms with Crippen molar-refractivity contribution in [3.8, 4) is 0 Å². The van der Waals surface area contributed by atoms with E-state index in [9.17, 15) is 0 Å². The molecular weight excluding hydrogens is 174 g/mol. The lowest BCUT2D eigenvalue weighted by molar-refractivity contribution is 0.281. The first-order valence-corrected chi connectivity index (χ1v) is 5.72. The summed E-state index contributed by atoms with van der Waals surface area (Å²) in [6.07, 6.45) is 4.99. The highest BCUT2D eigenvalue weighted by molar-refractivity contribution is 5.91. The predicted molar refractivity (Wildman–Crippen MR) is 59.8 cm³/mol. The normalized spacial score (nSPS) is 20.8. The van der Waals surface area contributed by atoms with Crippen LogP contribution in [0.2, 0.25) is 0 Å². The molecule has 0 amide bonds. The number of oxime groups is 1. The van der Waals surface area contributed by atoms with Gasteiger partial charge in [0, 0.05) is 11.3 Å². The standard InChI is InChI=1S/C12H23NO/c1-9(2)12(3,4)11(13-14)10-7-5-6-8-10/h9-10,14H,5-8H2,1-4H3. The van der Waals surface area contributed by atoms with E-state index in [2.05, 4.69) is 32.9 Å². The van der Waals surface area contributed by atoms with Gasteiger partial charge in [0.05, 0.1) is 5.71 Å². The van der Waals surface area contributed by atoms with Crippen molar-refractivity contribution in [3.63, 3.8) is 0 Å². The average molecular weight is 197 g/mol. The summed E-state index contributed by atoms with van der Waals surface area (Å²) >= 11 is 0. The molecule has 0 unspecified atom stereocenters. The molecule has 1 aliphatic rings. The summed E-state index contributed by atoms with van der Waals surface area (Å²) in [6, 6.07) is 0. The van der Waals surface area contributed by atoms with Crippen LogP contribution in [-0.4, -0.2) is 10.9 Å². The van der Waals surface area contributed by atoms with E-state index in [1.54, 1.807) is 0 Å². The van der Waals surface area contributed by atoms with E-state index in [4.69, 9.17) is 5.21 Å². The van der Waals surface area contributed by atoms with Gasteiger partial charge in [-0.15, -0.1) is 0 Å². The zero-order valence-electron chi connectivity index (χ0n) is 9.88. The minimum absolute atomic E-state index is 0.0315. The predicted octanol–water partition coefficient (Wildman–Crippen LogP) is 3.69. The Labute approximate surface area is 87.4 Å². The summed E-state index contributed by atoms with van der Waals surface area (Å²) in [4.78, 5) is 0. The van der Waals surface area contributed by atoms with Gasteiger partial charge >= 0.3 is 0 Å². The van der Waals surface area contributed by atoms with Gasteiger partial charge in [-0.25, -0.2) is 0 Å². The van der Waals surface area contributed by atoms with Gasteiger partial charge in [-0.3, -0.25) is 0 Å². The summed E-state index contributed by atoms with van der Waals surface area (Å²) in [6.45, 7) is 8.76. The van der Waals surface area contributed by atoms with Gasteiger partial charge in [0.2, 0.25) is 0 Å². The molecule has 0 spiro atoms. The maximum Gasteiger partial charge on any atom is 0.0660 e. The molecule has 0 bridgehead atoms. The first-order chi connectivity index (χ1) is 6.50. The topological polar surface area (TPSA) is 32.6 Å². The van der Waals surface area contributed by atoms with Crippen molar-refractivity contribution in [2.45, 2.75) is 53.4 Å². The van der Waals surface area contributed by atoms with Crippen molar-refractivity contribution in [3.05, 3.63) is 0 Å². The monoisotopic (exact) mass is 197 g/mol. The molecule has 2 heteroatoms. The Morgan fingerprint density at radius 3 is 2.14 bits per heavy atom. The Kier molecular flexibility index (Phi) is 3.57. The second kappa shape index (κ2) is 4.33. The van der Waals surface area contributed by atoms with Gasteiger partial charge in [-0.2, -0.15) is 0 Å². The first-order valence-electron chi connectivity index (χ1n) is 5.72. The van der Waals surface area contributed by atoms with Gasteiger partial charge in [0.1, 0.15) is 0 Å². The minimum Gasteiger partial charge on any atom is -0.411 e. The molecule has 0 saturated heterocycles. The van der Waals surface area contributed by atoms with Crippen LogP contribution >= 0.6 is 0 Å². The number of nitrogens with zero attached hydrogens (tertiary/aromatic N) is 1. The van der Waals surface area contributed by atoms with Crippen molar-refractivity contribution >= 4 is 5.71 Å². The van der Waals surface area contributed by atoms with E-state index in [0.29, 0.717) is 11.8 Å². The van der Waals surface area contributed by atoms with Gasteiger partial charge < -0.3 is 5.21 Å². The molecule has 82 valence electrons. The molecule has 1 N–H and O–H groups in total. The Hall–Kier alpha value is -0.530. The Bertz CT molecular complexity index is 212. The molecule has 1 aliphatic carbocycles. The van der Waals surface area contributed by atoms with E-state index in [0.717, 1.165) is 5.71 Å². The maximum atomic E-state index is 9.16. The summed E-state index contributed by atoms with van der Waals surface area (Å²) in [7, 11) is 0. The SMILES string of the molecule is CC(C)C(C)(C)C(=NO)C1CCCC1. The second-order valence-electron chi connectivity index (χ2n) is 5.34. The van der Waals surface area contributed by atoms with E-state index in [1.807, 2.05) is 0 Å². The summed E-state index contributed by atoms with van der Waals surface area (Å²) in [5, 5.41) is 12.7. The molecular formula is C12H23NO. The summed E-state index contributed by atoms with van der Waals surface area (Å²) < 4.78 is 0.